The van der Waals surface area contributed by atoms with Crippen LogP contribution in [0.4, 0.5) is 11.4 Å². The molecular weight excluding hydrogens is 335 g/mol. The zero-order chi connectivity index (χ0) is 13.1. The lowest BCUT2D eigenvalue weighted by molar-refractivity contribution is -0.384. The van der Waals surface area contributed by atoms with Crippen LogP contribution in [0.2, 0.25) is 0 Å². The third-order valence-electron chi connectivity index (χ3n) is 2.34. The molecule has 0 aromatic heterocycles. The molecule has 0 aliphatic carbocycles. The molecule has 6 heteroatoms. The molecule has 1 aromatic carbocycles. The predicted molar refractivity (Wildman–Crippen MR) is 75.2 cm³/mol. The number of benzene rings is 1. The van der Waals surface area contributed by atoms with Crippen molar-refractivity contribution < 1.29 is 10.0 Å². The number of halogens is 1. The van der Waals surface area contributed by atoms with E-state index in [9.17, 15) is 10.1 Å². The second-order valence-corrected chi connectivity index (χ2v) is 5.84. The minimum Gasteiger partial charge on any atom is -0.396 e. The van der Waals surface area contributed by atoms with E-state index in [-0.39, 0.29) is 17.7 Å². The van der Waals surface area contributed by atoms with E-state index in [1.54, 1.807) is 6.07 Å². The molecule has 0 bridgehead atoms. The van der Waals surface area contributed by atoms with Gasteiger partial charge in [-0.3, -0.25) is 10.1 Å². The standard InChI is InChI=1S/C11H15IN2O3/c1-11(2,7-15)6-13-9-4-3-8(12)5-10(9)14(16)17/h3-5,13,15H,6-7H2,1-2H3. The van der Waals surface area contributed by atoms with E-state index in [1.165, 1.54) is 6.07 Å². The number of nitro benzene ring substituents is 1. The van der Waals surface area contributed by atoms with E-state index in [0.717, 1.165) is 3.57 Å². The summed E-state index contributed by atoms with van der Waals surface area (Å²) in [5, 5.41) is 23.0. The van der Waals surface area contributed by atoms with Crippen molar-refractivity contribution in [2.75, 3.05) is 18.5 Å². The van der Waals surface area contributed by atoms with Crippen molar-refractivity contribution in [3.05, 3.63) is 31.9 Å². The largest absolute Gasteiger partial charge is 0.396 e. The Balaban J connectivity index is 2.88. The Labute approximate surface area is 114 Å². The Hall–Kier alpha value is -0.890. The summed E-state index contributed by atoms with van der Waals surface area (Å²) < 4.78 is 0.821. The zero-order valence-corrected chi connectivity index (χ0v) is 11.9. The second kappa shape index (κ2) is 5.63. The highest BCUT2D eigenvalue weighted by Crippen LogP contribution is 2.27. The fourth-order valence-electron chi connectivity index (χ4n) is 1.20. The third-order valence-corrected chi connectivity index (χ3v) is 3.01. The monoisotopic (exact) mass is 350 g/mol. The summed E-state index contributed by atoms with van der Waals surface area (Å²) in [6, 6.07) is 5.02. The molecule has 94 valence electrons. The molecule has 0 amide bonds. The molecular formula is C11H15IN2O3. The van der Waals surface area contributed by atoms with Gasteiger partial charge in [0.25, 0.3) is 5.69 Å². The highest BCUT2D eigenvalue weighted by atomic mass is 127. The summed E-state index contributed by atoms with van der Waals surface area (Å²) in [6.45, 7) is 4.28. The van der Waals surface area contributed by atoms with Crippen molar-refractivity contribution in [2.45, 2.75) is 13.8 Å². The normalized spacial score (nSPS) is 11.3. The third kappa shape index (κ3) is 4.12. The van der Waals surface area contributed by atoms with Crippen LogP contribution in [-0.4, -0.2) is 23.2 Å². The van der Waals surface area contributed by atoms with E-state index in [4.69, 9.17) is 5.11 Å². The Morgan fingerprint density at radius 2 is 2.18 bits per heavy atom. The van der Waals surface area contributed by atoms with Crippen molar-refractivity contribution >= 4 is 34.0 Å². The maximum absolute atomic E-state index is 10.9. The smallest absolute Gasteiger partial charge is 0.293 e. The number of rotatable bonds is 5. The predicted octanol–water partition coefficient (Wildman–Crippen LogP) is 2.63. The topological polar surface area (TPSA) is 75.4 Å². The van der Waals surface area contributed by atoms with Crippen molar-refractivity contribution in [1.82, 2.24) is 0 Å². The second-order valence-electron chi connectivity index (χ2n) is 4.59. The summed E-state index contributed by atoms with van der Waals surface area (Å²) in [5.74, 6) is 0. The molecule has 17 heavy (non-hydrogen) atoms. The minimum atomic E-state index is -0.406. The van der Waals surface area contributed by atoms with Gasteiger partial charge in [-0.25, -0.2) is 0 Å². The zero-order valence-electron chi connectivity index (χ0n) is 9.74. The van der Waals surface area contributed by atoms with E-state index in [1.807, 2.05) is 42.5 Å². The molecule has 0 fully saturated rings. The van der Waals surface area contributed by atoms with Crippen LogP contribution in [0.3, 0.4) is 0 Å². The van der Waals surface area contributed by atoms with Crippen LogP contribution >= 0.6 is 22.6 Å². The van der Waals surface area contributed by atoms with E-state index in [0.29, 0.717) is 12.2 Å². The first-order valence-corrected chi connectivity index (χ1v) is 6.22. The molecule has 0 heterocycles. The summed E-state index contributed by atoms with van der Waals surface area (Å²) >= 11 is 2.04. The molecule has 2 N–H and O–H groups in total. The van der Waals surface area contributed by atoms with Crippen molar-refractivity contribution in [1.29, 1.82) is 0 Å². The van der Waals surface area contributed by atoms with E-state index in [2.05, 4.69) is 5.32 Å². The van der Waals surface area contributed by atoms with Gasteiger partial charge < -0.3 is 10.4 Å². The summed E-state index contributed by atoms with van der Waals surface area (Å²) in [4.78, 5) is 10.5. The molecule has 0 saturated carbocycles. The molecule has 0 atom stereocenters. The fourth-order valence-corrected chi connectivity index (χ4v) is 1.67. The molecule has 1 aromatic rings. The maximum atomic E-state index is 10.9. The van der Waals surface area contributed by atoms with Crippen molar-refractivity contribution in [3.8, 4) is 0 Å². The molecule has 0 aliphatic heterocycles. The summed E-state index contributed by atoms with van der Waals surface area (Å²) in [6.07, 6.45) is 0. The number of aliphatic hydroxyl groups is 1. The van der Waals surface area contributed by atoms with Crippen LogP contribution in [-0.2, 0) is 0 Å². The van der Waals surface area contributed by atoms with Gasteiger partial charge in [0.15, 0.2) is 0 Å². The van der Waals surface area contributed by atoms with Crippen LogP contribution < -0.4 is 5.32 Å². The highest BCUT2D eigenvalue weighted by Gasteiger charge is 2.19. The van der Waals surface area contributed by atoms with Crippen LogP contribution in [0.15, 0.2) is 18.2 Å². The number of nitrogens with zero attached hydrogens (tertiary/aromatic N) is 1. The van der Waals surface area contributed by atoms with Gasteiger partial charge in [-0.05, 0) is 34.7 Å². The number of nitro groups is 1. The molecule has 0 saturated heterocycles. The van der Waals surface area contributed by atoms with Crippen molar-refractivity contribution in [3.63, 3.8) is 0 Å². The first kappa shape index (κ1) is 14.2. The van der Waals surface area contributed by atoms with Crippen LogP contribution in [0.1, 0.15) is 13.8 Å². The minimum absolute atomic E-state index is 0.0260. The average molecular weight is 350 g/mol. The average Bonchev–Trinajstić information content (AvgIpc) is 2.27. The van der Waals surface area contributed by atoms with Gasteiger partial charge in [0.05, 0.1) is 4.92 Å². The van der Waals surface area contributed by atoms with Gasteiger partial charge in [0, 0.05) is 28.2 Å². The fraction of sp³-hybridized carbons (Fsp3) is 0.455. The molecule has 0 unspecified atom stereocenters. The van der Waals surface area contributed by atoms with Gasteiger partial charge in [0.2, 0.25) is 0 Å². The lowest BCUT2D eigenvalue weighted by atomic mass is 9.95. The Bertz CT molecular complexity index is 421. The summed E-state index contributed by atoms with van der Waals surface area (Å²) in [7, 11) is 0. The van der Waals surface area contributed by atoms with Gasteiger partial charge in [0.1, 0.15) is 5.69 Å². The maximum Gasteiger partial charge on any atom is 0.293 e. The number of anilines is 1. The molecule has 0 spiro atoms. The molecule has 5 nitrogen and oxygen atoms in total. The lowest BCUT2D eigenvalue weighted by Crippen LogP contribution is -2.27. The number of hydrogen-bond acceptors (Lipinski definition) is 4. The Kier molecular flexibility index (Phi) is 4.70. The Morgan fingerprint density at radius 1 is 1.53 bits per heavy atom. The SMILES string of the molecule is CC(C)(CO)CNc1ccc(I)cc1[N+](=O)[O-]. The van der Waals surface area contributed by atoms with Gasteiger partial charge in [-0.15, -0.1) is 0 Å². The first-order chi connectivity index (χ1) is 7.85. The summed E-state index contributed by atoms with van der Waals surface area (Å²) in [5.41, 5.74) is 0.235. The number of aliphatic hydroxyl groups excluding tert-OH is 1. The number of hydrogen-bond donors (Lipinski definition) is 2. The van der Waals surface area contributed by atoms with Gasteiger partial charge >= 0.3 is 0 Å². The Morgan fingerprint density at radius 3 is 2.71 bits per heavy atom. The van der Waals surface area contributed by atoms with Crippen LogP contribution in [0.5, 0.6) is 0 Å². The quantitative estimate of drug-likeness (QED) is 0.486. The highest BCUT2D eigenvalue weighted by molar-refractivity contribution is 14.1. The van der Waals surface area contributed by atoms with Crippen LogP contribution in [0, 0.1) is 19.1 Å². The number of nitrogens with one attached hydrogen (secondary N) is 1. The lowest BCUT2D eigenvalue weighted by Gasteiger charge is -2.22. The van der Waals surface area contributed by atoms with Gasteiger partial charge in [-0.1, -0.05) is 13.8 Å². The molecule has 1 rings (SSSR count). The van der Waals surface area contributed by atoms with Crippen molar-refractivity contribution in [2.24, 2.45) is 5.41 Å². The van der Waals surface area contributed by atoms with E-state index < -0.39 is 4.92 Å². The van der Waals surface area contributed by atoms with E-state index >= 15 is 0 Å². The molecule has 0 aliphatic rings. The first-order valence-electron chi connectivity index (χ1n) is 5.14. The molecule has 0 radical (unpaired) electrons. The van der Waals surface area contributed by atoms with Gasteiger partial charge in [-0.2, -0.15) is 0 Å². The van der Waals surface area contributed by atoms with Crippen LogP contribution in [0.25, 0.3) is 0 Å².